The van der Waals surface area contributed by atoms with Gasteiger partial charge in [-0.3, -0.25) is 14.8 Å². The van der Waals surface area contributed by atoms with Crippen LogP contribution in [0.5, 0.6) is 0 Å². The first kappa shape index (κ1) is 21.1. The van der Waals surface area contributed by atoms with Crippen LogP contribution in [0.1, 0.15) is 43.9 Å². The summed E-state index contributed by atoms with van der Waals surface area (Å²) in [6.07, 6.45) is 8.13. The molecule has 3 heterocycles. The highest BCUT2D eigenvalue weighted by molar-refractivity contribution is 5.79. The predicted molar refractivity (Wildman–Crippen MR) is 113 cm³/mol. The Balaban J connectivity index is 1.50. The Morgan fingerprint density at radius 2 is 2.11 bits per heavy atom. The summed E-state index contributed by atoms with van der Waals surface area (Å²) in [5.41, 5.74) is 0. The molecule has 2 unspecified atom stereocenters. The molecule has 2 N–H and O–H groups in total. The third-order valence-electron chi connectivity index (χ3n) is 5.98. The molecule has 2 saturated heterocycles. The van der Waals surface area contributed by atoms with Gasteiger partial charge in [-0.05, 0) is 57.5 Å². The normalized spacial score (nSPS) is 23.1. The Bertz CT molecular complexity index is 571. The van der Waals surface area contributed by atoms with Crippen LogP contribution >= 0.6 is 0 Å². The van der Waals surface area contributed by atoms with Crippen molar-refractivity contribution < 1.29 is 9.15 Å². The van der Waals surface area contributed by atoms with Gasteiger partial charge in [0.15, 0.2) is 5.96 Å². The van der Waals surface area contributed by atoms with E-state index in [0.29, 0.717) is 6.04 Å². The second kappa shape index (κ2) is 11.4. The summed E-state index contributed by atoms with van der Waals surface area (Å²) in [6.45, 7) is 6.95. The van der Waals surface area contributed by atoms with Crippen molar-refractivity contribution in [3.63, 3.8) is 0 Å². The lowest BCUT2D eigenvalue weighted by Crippen LogP contribution is -2.48. The van der Waals surface area contributed by atoms with Crippen LogP contribution in [0.2, 0.25) is 0 Å². The van der Waals surface area contributed by atoms with Crippen LogP contribution in [0.25, 0.3) is 0 Å². The molecule has 0 radical (unpaired) electrons. The number of aliphatic imine (C=N–C) groups is 1. The Morgan fingerprint density at radius 3 is 2.82 bits per heavy atom. The minimum atomic E-state index is 0.249. The van der Waals surface area contributed by atoms with Gasteiger partial charge in [0.25, 0.3) is 0 Å². The highest BCUT2D eigenvalue weighted by Gasteiger charge is 2.26. The van der Waals surface area contributed by atoms with E-state index in [1.807, 2.05) is 13.1 Å². The summed E-state index contributed by atoms with van der Waals surface area (Å²) in [7, 11) is 3.61. The van der Waals surface area contributed by atoms with Crippen molar-refractivity contribution in [1.82, 2.24) is 20.4 Å². The first-order valence-corrected chi connectivity index (χ1v) is 10.8. The fraction of sp³-hybridized carbons (Fsp3) is 0.762. The molecule has 7 nitrogen and oxygen atoms in total. The molecule has 3 rings (SSSR count). The number of ether oxygens (including phenoxy) is 1. The third-order valence-corrected chi connectivity index (χ3v) is 5.98. The highest BCUT2D eigenvalue weighted by Crippen LogP contribution is 2.24. The molecule has 0 aromatic carbocycles. The number of nitrogens with zero attached hydrogens (tertiary/aromatic N) is 3. The molecule has 2 aliphatic heterocycles. The fourth-order valence-electron chi connectivity index (χ4n) is 4.38. The maximum atomic E-state index is 5.75. The molecule has 1 aromatic rings. The SMILES string of the molecule is CN=C(NCC1CCCN1CCOC)NCC(c1ccco1)N1CCCCC1. The highest BCUT2D eigenvalue weighted by atomic mass is 16.5. The molecule has 28 heavy (non-hydrogen) atoms. The molecule has 158 valence electrons. The van der Waals surface area contributed by atoms with E-state index >= 15 is 0 Å². The second-order valence-corrected chi connectivity index (χ2v) is 7.79. The van der Waals surface area contributed by atoms with Crippen molar-refractivity contribution in [2.24, 2.45) is 4.99 Å². The number of rotatable bonds is 9. The van der Waals surface area contributed by atoms with Crippen LogP contribution in [0.15, 0.2) is 27.8 Å². The van der Waals surface area contributed by atoms with Crippen LogP contribution in [0.4, 0.5) is 0 Å². The number of methoxy groups -OCH3 is 1. The quantitative estimate of drug-likeness (QED) is 0.496. The van der Waals surface area contributed by atoms with E-state index in [1.165, 1.54) is 32.1 Å². The van der Waals surface area contributed by atoms with Gasteiger partial charge >= 0.3 is 0 Å². The van der Waals surface area contributed by atoms with Gasteiger partial charge in [0.1, 0.15) is 5.76 Å². The smallest absolute Gasteiger partial charge is 0.191 e. The van der Waals surface area contributed by atoms with Crippen LogP contribution in [0, 0.1) is 0 Å². The predicted octanol–water partition coefficient (Wildman–Crippen LogP) is 2.08. The number of likely N-dealkylation sites (tertiary alicyclic amines) is 2. The van der Waals surface area contributed by atoms with Crippen molar-refractivity contribution in [2.75, 3.05) is 60.0 Å². The molecule has 2 atom stereocenters. The first-order chi connectivity index (χ1) is 13.8. The molecule has 7 heteroatoms. The van der Waals surface area contributed by atoms with E-state index in [1.54, 1.807) is 13.4 Å². The van der Waals surface area contributed by atoms with Crippen molar-refractivity contribution in [3.05, 3.63) is 24.2 Å². The topological polar surface area (TPSA) is 65.3 Å². The monoisotopic (exact) mass is 391 g/mol. The van der Waals surface area contributed by atoms with Crippen molar-refractivity contribution in [3.8, 4) is 0 Å². The summed E-state index contributed by atoms with van der Waals surface area (Å²) >= 11 is 0. The largest absolute Gasteiger partial charge is 0.468 e. The zero-order valence-corrected chi connectivity index (χ0v) is 17.5. The fourth-order valence-corrected chi connectivity index (χ4v) is 4.38. The maximum Gasteiger partial charge on any atom is 0.191 e. The number of furan rings is 1. The number of guanidine groups is 1. The van der Waals surface area contributed by atoms with E-state index in [0.717, 1.165) is 57.6 Å². The number of hydrogen-bond donors (Lipinski definition) is 2. The van der Waals surface area contributed by atoms with Gasteiger partial charge < -0.3 is 19.8 Å². The van der Waals surface area contributed by atoms with E-state index in [4.69, 9.17) is 9.15 Å². The average Bonchev–Trinajstić information content (AvgIpc) is 3.42. The first-order valence-electron chi connectivity index (χ1n) is 10.8. The maximum absolute atomic E-state index is 5.75. The van der Waals surface area contributed by atoms with Crippen LogP contribution in [-0.2, 0) is 4.74 Å². The molecule has 0 aliphatic carbocycles. The molecule has 0 spiro atoms. The van der Waals surface area contributed by atoms with Crippen LogP contribution < -0.4 is 10.6 Å². The zero-order chi connectivity index (χ0) is 19.6. The van der Waals surface area contributed by atoms with Gasteiger partial charge in [-0.1, -0.05) is 6.42 Å². The van der Waals surface area contributed by atoms with Crippen LogP contribution in [-0.4, -0.2) is 81.8 Å². The van der Waals surface area contributed by atoms with Gasteiger partial charge in [0.2, 0.25) is 0 Å². The zero-order valence-electron chi connectivity index (χ0n) is 17.5. The molecule has 2 aliphatic rings. The molecule has 0 saturated carbocycles. The van der Waals surface area contributed by atoms with Crippen molar-refractivity contribution in [1.29, 1.82) is 0 Å². The minimum absolute atomic E-state index is 0.249. The summed E-state index contributed by atoms with van der Waals surface area (Å²) < 4.78 is 11.0. The van der Waals surface area contributed by atoms with Crippen LogP contribution in [0.3, 0.4) is 0 Å². The lowest BCUT2D eigenvalue weighted by Gasteiger charge is -2.34. The van der Waals surface area contributed by atoms with Crippen molar-refractivity contribution >= 4 is 5.96 Å². The molecular formula is C21H37N5O2. The second-order valence-electron chi connectivity index (χ2n) is 7.79. The third kappa shape index (κ3) is 5.96. The molecular weight excluding hydrogens is 354 g/mol. The number of hydrogen-bond acceptors (Lipinski definition) is 5. The van der Waals surface area contributed by atoms with E-state index in [2.05, 4.69) is 31.5 Å². The lowest BCUT2D eigenvalue weighted by molar-refractivity contribution is 0.141. The minimum Gasteiger partial charge on any atom is -0.468 e. The van der Waals surface area contributed by atoms with Gasteiger partial charge in [0, 0.05) is 39.8 Å². The Hall–Kier alpha value is -1.57. The van der Waals surface area contributed by atoms with Gasteiger partial charge in [0.05, 0.1) is 18.9 Å². The van der Waals surface area contributed by atoms with Crippen molar-refractivity contribution in [2.45, 2.75) is 44.2 Å². The summed E-state index contributed by atoms with van der Waals surface area (Å²) in [6, 6.07) is 4.87. The molecule has 2 fully saturated rings. The summed E-state index contributed by atoms with van der Waals surface area (Å²) in [5.74, 6) is 1.90. The van der Waals surface area contributed by atoms with Gasteiger partial charge in [-0.25, -0.2) is 0 Å². The molecule has 1 aromatic heterocycles. The molecule has 0 bridgehead atoms. The summed E-state index contributed by atoms with van der Waals surface area (Å²) in [4.78, 5) is 9.49. The lowest BCUT2D eigenvalue weighted by atomic mass is 10.1. The van der Waals surface area contributed by atoms with E-state index in [9.17, 15) is 0 Å². The number of nitrogens with one attached hydrogen (secondary N) is 2. The average molecular weight is 392 g/mol. The van der Waals surface area contributed by atoms with E-state index in [-0.39, 0.29) is 6.04 Å². The standard InChI is InChI=1S/C21H37N5O2/c1-22-21(23-16-18-8-6-12-25(18)13-15-27-2)24-17-19(20-9-7-14-28-20)26-10-4-3-5-11-26/h7,9,14,18-19H,3-6,8,10-13,15-17H2,1-2H3,(H2,22,23,24). The Morgan fingerprint density at radius 1 is 1.25 bits per heavy atom. The van der Waals surface area contributed by atoms with E-state index < -0.39 is 0 Å². The summed E-state index contributed by atoms with van der Waals surface area (Å²) in [5, 5.41) is 7.06. The number of piperidine rings is 1. The molecule has 0 amide bonds. The van der Waals surface area contributed by atoms with Gasteiger partial charge in [-0.15, -0.1) is 0 Å². The Labute approximate surface area is 169 Å². The Kier molecular flexibility index (Phi) is 8.64. The van der Waals surface area contributed by atoms with Gasteiger partial charge in [-0.2, -0.15) is 0 Å².